The standard InChI is InChI=1S/C11H18N2O.2ClH/c1-9(8-13)10-2-4-11(5-3-10)14-7-6-12;;/h2-5,9H,6-8,12-13H2,1H3;2*1H. The first-order valence-electron chi connectivity index (χ1n) is 4.90. The van der Waals surface area contributed by atoms with E-state index in [1.807, 2.05) is 24.3 Å². The smallest absolute Gasteiger partial charge is 0.119 e. The van der Waals surface area contributed by atoms with E-state index in [-0.39, 0.29) is 24.8 Å². The third-order valence-corrected chi connectivity index (χ3v) is 2.19. The van der Waals surface area contributed by atoms with Crippen molar-refractivity contribution in [2.45, 2.75) is 12.8 Å². The van der Waals surface area contributed by atoms with Crippen LogP contribution in [-0.4, -0.2) is 19.7 Å². The Morgan fingerprint density at radius 1 is 1.12 bits per heavy atom. The monoisotopic (exact) mass is 266 g/mol. The van der Waals surface area contributed by atoms with Crippen LogP contribution in [0.5, 0.6) is 5.75 Å². The number of rotatable bonds is 5. The van der Waals surface area contributed by atoms with Crippen molar-refractivity contribution < 1.29 is 4.74 Å². The van der Waals surface area contributed by atoms with Crippen LogP contribution in [0.2, 0.25) is 0 Å². The Morgan fingerprint density at radius 3 is 2.12 bits per heavy atom. The zero-order chi connectivity index (χ0) is 10.4. The average Bonchev–Trinajstić information content (AvgIpc) is 2.26. The minimum absolute atomic E-state index is 0. The summed E-state index contributed by atoms with van der Waals surface area (Å²) in [5, 5.41) is 0. The number of halogens is 2. The second-order valence-electron chi connectivity index (χ2n) is 3.34. The van der Waals surface area contributed by atoms with E-state index >= 15 is 0 Å². The summed E-state index contributed by atoms with van der Waals surface area (Å²) < 4.78 is 5.37. The van der Waals surface area contributed by atoms with E-state index in [9.17, 15) is 0 Å². The van der Waals surface area contributed by atoms with Gasteiger partial charge in [-0.1, -0.05) is 19.1 Å². The number of ether oxygens (including phenoxy) is 1. The highest BCUT2D eigenvalue weighted by molar-refractivity contribution is 5.85. The number of hydrogen-bond acceptors (Lipinski definition) is 3. The summed E-state index contributed by atoms with van der Waals surface area (Å²) in [6.07, 6.45) is 0. The van der Waals surface area contributed by atoms with Crippen molar-refractivity contribution in [2.24, 2.45) is 11.5 Å². The molecule has 0 radical (unpaired) electrons. The highest BCUT2D eigenvalue weighted by Gasteiger charge is 2.02. The average molecular weight is 267 g/mol. The van der Waals surface area contributed by atoms with E-state index in [1.165, 1.54) is 5.56 Å². The molecule has 1 aromatic rings. The SMILES string of the molecule is CC(CN)c1ccc(OCCN)cc1.Cl.Cl. The summed E-state index contributed by atoms with van der Waals surface area (Å²) >= 11 is 0. The Kier molecular flexibility index (Phi) is 10.9. The van der Waals surface area contributed by atoms with Gasteiger partial charge >= 0.3 is 0 Å². The zero-order valence-corrected chi connectivity index (χ0v) is 11.0. The molecule has 94 valence electrons. The maximum atomic E-state index is 5.57. The van der Waals surface area contributed by atoms with Crippen LogP contribution in [-0.2, 0) is 0 Å². The Labute approximate surface area is 109 Å². The lowest BCUT2D eigenvalue weighted by Gasteiger charge is -2.10. The van der Waals surface area contributed by atoms with Gasteiger partial charge in [0.1, 0.15) is 12.4 Å². The van der Waals surface area contributed by atoms with Crippen LogP contribution in [0.1, 0.15) is 18.4 Å². The lowest BCUT2D eigenvalue weighted by Crippen LogP contribution is -2.11. The molecule has 0 aliphatic heterocycles. The molecule has 5 heteroatoms. The fourth-order valence-corrected chi connectivity index (χ4v) is 1.21. The molecule has 0 bridgehead atoms. The summed E-state index contributed by atoms with van der Waals surface area (Å²) in [7, 11) is 0. The predicted molar refractivity (Wildman–Crippen MR) is 73.0 cm³/mol. The Morgan fingerprint density at radius 2 is 1.69 bits per heavy atom. The molecule has 0 fully saturated rings. The van der Waals surface area contributed by atoms with Gasteiger partial charge in [-0.3, -0.25) is 0 Å². The Balaban J connectivity index is 0. The van der Waals surface area contributed by atoms with E-state index in [2.05, 4.69) is 6.92 Å². The summed E-state index contributed by atoms with van der Waals surface area (Å²) in [6.45, 7) is 3.88. The van der Waals surface area contributed by atoms with Gasteiger partial charge < -0.3 is 16.2 Å². The van der Waals surface area contributed by atoms with Crippen molar-refractivity contribution in [1.29, 1.82) is 0 Å². The molecule has 0 saturated carbocycles. The maximum Gasteiger partial charge on any atom is 0.119 e. The molecule has 0 amide bonds. The van der Waals surface area contributed by atoms with E-state index in [4.69, 9.17) is 16.2 Å². The topological polar surface area (TPSA) is 61.3 Å². The first-order valence-corrected chi connectivity index (χ1v) is 4.90. The van der Waals surface area contributed by atoms with Crippen molar-refractivity contribution >= 4 is 24.8 Å². The van der Waals surface area contributed by atoms with Gasteiger partial charge in [0, 0.05) is 6.54 Å². The van der Waals surface area contributed by atoms with Gasteiger partial charge in [0.05, 0.1) is 0 Å². The van der Waals surface area contributed by atoms with Gasteiger partial charge in [0.25, 0.3) is 0 Å². The quantitative estimate of drug-likeness (QED) is 0.857. The Bertz CT molecular complexity index is 267. The lowest BCUT2D eigenvalue weighted by atomic mass is 10.0. The molecule has 0 aromatic heterocycles. The molecule has 1 rings (SSSR count). The first-order chi connectivity index (χ1) is 6.77. The molecule has 4 N–H and O–H groups in total. The largest absolute Gasteiger partial charge is 0.492 e. The van der Waals surface area contributed by atoms with Crippen molar-refractivity contribution in [3.8, 4) is 5.75 Å². The highest BCUT2D eigenvalue weighted by Crippen LogP contribution is 2.18. The summed E-state index contributed by atoms with van der Waals surface area (Å²) in [6, 6.07) is 8.00. The van der Waals surface area contributed by atoms with Crippen LogP contribution in [0, 0.1) is 0 Å². The van der Waals surface area contributed by atoms with Crippen LogP contribution in [0.3, 0.4) is 0 Å². The van der Waals surface area contributed by atoms with Crippen LogP contribution >= 0.6 is 24.8 Å². The second-order valence-corrected chi connectivity index (χ2v) is 3.34. The van der Waals surface area contributed by atoms with Gasteiger partial charge in [-0.05, 0) is 30.2 Å². The molecular weight excluding hydrogens is 247 g/mol. The van der Waals surface area contributed by atoms with Gasteiger partial charge in [-0.25, -0.2) is 0 Å². The van der Waals surface area contributed by atoms with Gasteiger partial charge in [-0.15, -0.1) is 24.8 Å². The van der Waals surface area contributed by atoms with Gasteiger partial charge in [0.2, 0.25) is 0 Å². The minimum Gasteiger partial charge on any atom is -0.492 e. The van der Waals surface area contributed by atoms with E-state index < -0.39 is 0 Å². The minimum atomic E-state index is 0. The molecule has 0 saturated heterocycles. The first kappa shape index (κ1) is 17.9. The van der Waals surface area contributed by atoms with E-state index in [1.54, 1.807) is 0 Å². The van der Waals surface area contributed by atoms with E-state index in [0.717, 1.165) is 5.75 Å². The number of hydrogen-bond donors (Lipinski definition) is 2. The third kappa shape index (κ3) is 5.56. The highest BCUT2D eigenvalue weighted by atomic mass is 35.5. The molecule has 1 unspecified atom stereocenters. The van der Waals surface area contributed by atoms with Crippen molar-refractivity contribution in [3.63, 3.8) is 0 Å². The van der Waals surface area contributed by atoms with Crippen molar-refractivity contribution in [2.75, 3.05) is 19.7 Å². The summed E-state index contributed by atoms with van der Waals surface area (Å²) in [5.74, 6) is 1.27. The lowest BCUT2D eigenvalue weighted by molar-refractivity contribution is 0.328. The van der Waals surface area contributed by atoms with Crippen LogP contribution < -0.4 is 16.2 Å². The van der Waals surface area contributed by atoms with E-state index in [0.29, 0.717) is 25.6 Å². The van der Waals surface area contributed by atoms with Crippen LogP contribution in [0.15, 0.2) is 24.3 Å². The molecule has 0 spiro atoms. The molecule has 3 nitrogen and oxygen atoms in total. The number of benzene rings is 1. The molecule has 16 heavy (non-hydrogen) atoms. The Hall–Kier alpha value is -0.480. The molecule has 0 aliphatic carbocycles. The summed E-state index contributed by atoms with van der Waals surface area (Å²) in [4.78, 5) is 0. The predicted octanol–water partition coefficient (Wildman–Crippen LogP) is 1.93. The normalized spacial score (nSPS) is 10.9. The fraction of sp³-hybridized carbons (Fsp3) is 0.455. The van der Waals surface area contributed by atoms with Crippen molar-refractivity contribution in [3.05, 3.63) is 29.8 Å². The van der Waals surface area contributed by atoms with Crippen LogP contribution in [0.4, 0.5) is 0 Å². The zero-order valence-electron chi connectivity index (χ0n) is 9.39. The van der Waals surface area contributed by atoms with Crippen molar-refractivity contribution in [1.82, 2.24) is 0 Å². The fourth-order valence-electron chi connectivity index (χ4n) is 1.21. The van der Waals surface area contributed by atoms with Gasteiger partial charge in [0.15, 0.2) is 0 Å². The summed E-state index contributed by atoms with van der Waals surface area (Å²) in [5.41, 5.74) is 12.2. The molecular formula is C11H20Cl2N2O. The molecule has 0 heterocycles. The van der Waals surface area contributed by atoms with Gasteiger partial charge in [-0.2, -0.15) is 0 Å². The molecule has 1 atom stereocenters. The third-order valence-electron chi connectivity index (χ3n) is 2.19. The van der Waals surface area contributed by atoms with Crippen LogP contribution in [0.25, 0.3) is 0 Å². The molecule has 0 aliphatic rings. The maximum absolute atomic E-state index is 5.57. The second kappa shape index (κ2) is 9.73. The number of nitrogens with two attached hydrogens (primary N) is 2. The molecule has 1 aromatic carbocycles.